The van der Waals surface area contributed by atoms with Crippen molar-refractivity contribution in [2.45, 2.75) is 218 Å². The summed E-state index contributed by atoms with van der Waals surface area (Å²) in [5.74, 6) is -0.811. The van der Waals surface area contributed by atoms with Crippen molar-refractivity contribution < 1.29 is 49.0 Å². The minimum Gasteiger partial charge on any atom is -0.463 e. The zero-order chi connectivity index (χ0) is 37.4. The summed E-state index contributed by atoms with van der Waals surface area (Å²) in [6.07, 6.45) is 25.0. The van der Waals surface area contributed by atoms with E-state index in [0.717, 1.165) is 57.8 Å². The van der Waals surface area contributed by atoms with E-state index in [1.54, 1.807) is 0 Å². The average molecular weight is 729 g/mol. The fourth-order valence-corrected chi connectivity index (χ4v) is 6.23. The molecule has 0 aromatic rings. The van der Waals surface area contributed by atoms with Crippen molar-refractivity contribution in [3.8, 4) is 0 Å². The molecule has 51 heavy (non-hydrogen) atoms. The summed E-state index contributed by atoms with van der Waals surface area (Å²) in [5.41, 5.74) is 0. The molecule has 10 heteroatoms. The molecule has 1 heterocycles. The summed E-state index contributed by atoms with van der Waals surface area (Å²) in [4.78, 5) is 24.4. The highest BCUT2D eigenvalue weighted by molar-refractivity contribution is 5.69. The van der Waals surface area contributed by atoms with E-state index in [2.05, 4.69) is 26.0 Å². The summed E-state index contributed by atoms with van der Waals surface area (Å²) in [7, 11) is 0. The molecule has 0 aromatic carbocycles. The Labute approximate surface area is 310 Å². The van der Waals surface area contributed by atoms with Gasteiger partial charge in [0, 0.05) is 12.8 Å². The fourth-order valence-electron chi connectivity index (χ4n) is 6.23. The van der Waals surface area contributed by atoms with Crippen molar-refractivity contribution in [3.63, 3.8) is 0 Å². The Morgan fingerprint density at radius 2 is 1.00 bits per heavy atom. The highest BCUT2D eigenvalue weighted by Gasteiger charge is 2.45. The molecule has 10 nitrogen and oxygen atoms in total. The van der Waals surface area contributed by atoms with Crippen LogP contribution in [0, 0.1) is 0 Å². The number of carbonyl (C=O) groups is 2. The van der Waals surface area contributed by atoms with Gasteiger partial charge in [-0.25, -0.2) is 0 Å². The molecular formula is C41H76O10. The molecular weight excluding hydrogens is 652 g/mol. The molecule has 0 unspecified atom stereocenters. The summed E-state index contributed by atoms with van der Waals surface area (Å²) < 4.78 is 21.5. The van der Waals surface area contributed by atoms with Crippen molar-refractivity contribution in [1.29, 1.82) is 0 Å². The molecule has 0 bridgehead atoms. The first-order valence-corrected chi connectivity index (χ1v) is 20.8. The normalized spacial score (nSPS) is 21.3. The Morgan fingerprint density at radius 1 is 0.569 bits per heavy atom. The Bertz CT molecular complexity index is 852. The molecule has 1 aliphatic heterocycles. The second-order valence-corrected chi connectivity index (χ2v) is 14.5. The van der Waals surface area contributed by atoms with Gasteiger partial charge in [-0.3, -0.25) is 9.59 Å². The second-order valence-electron chi connectivity index (χ2n) is 14.5. The van der Waals surface area contributed by atoms with Crippen LogP contribution < -0.4 is 0 Å². The standard InChI is InChI=1S/C41H76O10/c1-3-5-7-9-11-13-15-17-19-21-23-25-27-29-36(43)48-31-34(42)32-50-41-40(47)39(46)38(45)35(51-41)33-49-37(44)30-28-26-24-22-20-18-16-14-12-10-8-6-4-2/h13,15,34-35,38-42,45-47H,3-12,14,16-33H2,1-2H3/b15-13-/t34-,35-,38+,39+,40-,41-/m1/s1. The van der Waals surface area contributed by atoms with Gasteiger partial charge in [0.1, 0.15) is 43.7 Å². The van der Waals surface area contributed by atoms with Gasteiger partial charge in [0.05, 0.1) is 6.61 Å². The van der Waals surface area contributed by atoms with Crippen LogP contribution in [0.5, 0.6) is 0 Å². The Kier molecular flexibility index (Phi) is 30.7. The van der Waals surface area contributed by atoms with Gasteiger partial charge in [-0.2, -0.15) is 0 Å². The lowest BCUT2D eigenvalue weighted by Gasteiger charge is -2.40. The molecule has 1 fully saturated rings. The molecule has 300 valence electrons. The zero-order valence-corrected chi connectivity index (χ0v) is 32.4. The molecule has 0 radical (unpaired) electrons. The van der Waals surface area contributed by atoms with Crippen LogP contribution in [-0.4, -0.2) is 89.0 Å². The Balaban J connectivity index is 2.12. The quantitative estimate of drug-likeness (QED) is 0.0291. The van der Waals surface area contributed by atoms with Gasteiger partial charge >= 0.3 is 11.9 Å². The number of esters is 2. The van der Waals surface area contributed by atoms with Crippen LogP contribution in [0.15, 0.2) is 12.2 Å². The van der Waals surface area contributed by atoms with Crippen LogP contribution >= 0.6 is 0 Å². The van der Waals surface area contributed by atoms with E-state index < -0.39 is 48.7 Å². The van der Waals surface area contributed by atoms with Crippen molar-refractivity contribution in [2.75, 3.05) is 19.8 Å². The lowest BCUT2D eigenvalue weighted by Crippen LogP contribution is -2.59. The topological polar surface area (TPSA) is 152 Å². The number of hydrogen-bond acceptors (Lipinski definition) is 10. The summed E-state index contributed by atoms with van der Waals surface area (Å²) >= 11 is 0. The number of allylic oxidation sites excluding steroid dienone is 2. The first-order valence-electron chi connectivity index (χ1n) is 20.8. The van der Waals surface area contributed by atoms with Gasteiger partial charge in [0.2, 0.25) is 0 Å². The molecule has 0 aromatic heterocycles. The number of aliphatic hydroxyl groups excluding tert-OH is 4. The predicted octanol–water partition coefficient (Wildman–Crippen LogP) is 8.00. The largest absolute Gasteiger partial charge is 0.463 e. The third kappa shape index (κ3) is 26.0. The highest BCUT2D eigenvalue weighted by Crippen LogP contribution is 2.23. The van der Waals surface area contributed by atoms with Crippen molar-refractivity contribution >= 4 is 11.9 Å². The molecule has 0 saturated carbocycles. The number of carbonyl (C=O) groups excluding carboxylic acids is 2. The third-order valence-corrected chi connectivity index (χ3v) is 9.59. The van der Waals surface area contributed by atoms with E-state index in [1.165, 1.54) is 96.3 Å². The maximum atomic E-state index is 12.3. The van der Waals surface area contributed by atoms with E-state index in [0.29, 0.717) is 0 Å². The number of ether oxygens (including phenoxy) is 4. The van der Waals surface area contributed by atoms with Crippen LogP contribution in [0.2, 0.25) is 0 Å². The molecule has 1 aliphatic rings. The molecule has 0 amide bonds. The molecule has 0 spiro atoms. The number of hydrogen-bond donors (Lipinski definition) is 4. The van der Waals surface area contributed by atoms with Gasteiger partial charge in [-0.05, 0) is 38.5 Å². The Morgan fingerprint density at radius 3 is 1.51 bits per heavy atom. The van der Waals surface area contributed by atoms with Crippen molar-refractivity contribution in [1.82, 2.24) is 0 Å². The first kappa shape index (κ1) is 47.5. The van der Waals surface area contributed by atoms with Gasteiger partial charge in [-0.15, -0.1) is 0 Å². The minimum absolute atomic E-state index is 0.258. The predicted molar refractivity (Wildman–Crippen MR) is 201 cm³/mol. The van der Waals surface area contributed by atoms with E-state index in [1.807, 2.05) is 0 Å². The minimum atomic E-state index is -1.60. The van der Waals surface area contributed by atoms with Gasteiger partial charge in [0.25, 0.3) is 0 Å². The van der Waals surface area contributed by atoms with Gasteiger partial charge in [0.15, 0.2) is 6.29 Å². The average Bonchev–Trinajstić information content (AvgIpc) is 3.12. The first-order chi connectivity index (χ1) is 24.8. The smallest absolute Gasteiger partial charge is 0.305 e. The van der Waals surface area contributed by atoms with Crippen LogP contribution in [0.1, 0.15) is 181 Å². The highest BCUT2D eigenvalue weighted by atomic mass is 16.7. The lowest BCUT2D eigenvalue weighted by molar-refractivity contribution is -0.305. The van der Waals surface area contributed by atoms with E-state index in [-0.39, 0.29) is 32.7 Å². The molecule has 1 saturated heterocycles. The molecule has 6 atom stereocenters. The summed E-state index contributed by atoms with van der Waals surface area (Å²) in [5, 5.41) is 41.3. The van der Waals surface area contributed by atoms with Gasteiger partial charge in [-0.1, -0.05) is 142 Å². The number of unbranched alkanes of at least 4 members (excludes halogenated alkanes) is 21. The van der Waals surface area contributed by atoms with Crippen molar-refractivity contribution in [2.24, 2.45) is 0 Å². The van der Waals surface area contributed by atoms with E-state index >= 15 is 0 Å². The van der Waals surface area contributed by atoms with Crippen LogP contribution in [-0.2, 0) is 28.5 Å². The number of aliphatic hydroxyl groups is 4. The van der Waals surface area contributed by atoms with Crippen molar-refractivity contribution in [3.05, 3.63) is 12.2 Å². The van der Waals surface area contributed by atoms with Gasteiger partial charge < -0.3 is 39.4 Å². The van der Waals surface area contributed by atoms with Crippen LogP contribution in [0.4, 0.5) is 0 Å². The Hall–Kier alpha value is -1.56. The summed E-state index contributed by atoms with van der Waals surface area (Å²) in [6.45, 7) is 3.54. The molecule has 4 N–H and O–H groups in total. The van der Waals surface area contributed by atoms with Crippen LogP contribution in [0.25, 0.3) is 0 Å². The second kappa shape index (κ2) is 33.0. The monoisotopic (exact) mass is 729 g/mol. The lowest BCUT2D eigenvalue weighted by atomic mass is 9.99. The van der Waals surface area contributed by atoms with Crippen LogP contribution in [0.3, 0.4) is 0 Å². The molecule has 1 rings (SSSR count). The fraction of sp³-hybridized carbons (Fsp3) is 0.902. The van der Waals surface area contributed by atoms with E-state index in [9.17, 15) is 30.0 Å². The number of rotatable bonds is 34. The zero-order valence-electron chi connectivity index (χ0n) is 32.4. The molecule has 0 aliphatic carbocycles. The maximum absolute atomic E-state index is 12.3. The SMILES string of the molecule is CCCCCC/C=C\CCCCCCCC(=O)OC[C@@H](O)CO[C@@H]1O[C@H](COC(=O)CCCCCCCCCCCCCCC)[C@H](O)[C@H](O)[C@H]1O. The third-order valence-electron chi connectivity index (χ3n) is 9.59. The summed E-state index contributed by atoms with van der Waals surface area (Å²) in [6, 6.07) is 0. The van der Waals surface area contributed by atoms with E-state index in [4.69, 9.17) is 18.9 Å². The maximum Gasteiger partial charge on any atom is 0.305 e.